The molecule has 2 N–H and O–H groups in total. The number of likely N-dealkylation sites (tertiary alicyclic amines) is 1. The first-order chi connectivity index (χ1) is 8.61. The van der Waals surface area contributed by atoms with Gasteiger partial charge in [0, 0.05) is 24.3 Å². The summed E-state index contributed by atoms with van der Waals surface area (Å²) in [7, 11) is 0. The standard InChI is InChI=1S/C15H22N2O/c1-3-4-12-7-8-17(10-12)15(18)13-5-6-14(16)11(2)9-13/h5-6,9,12H,3-4,7-8,10,16H2,1-2H3. The van der Waals surface area contributed by atoms with Crippen molar-refractivity contribution in [3.8, 4) is 0 Å². The summed E-state index contributed by atoms with van der Waals surface area (Å²) in [6.07, 6.45) is 3.58. The van der Waals surface area contributed by atoms with E-state index in [0.29, 0.717) is 5.92 Å². The number of nitrogen functional groups attached to an aromatic ring is 1. The molecule has 0 spiro atoms. The Hall–Kier alpha value is -1.51. The highest BCUT2D eigenvalue weighted by molar-refractivity contribution is 5.95. The van der Waals surface area contributed by atoms with E-state index in [0.717, 1.165) is 36.3 Å². The average Bonchev–Trinajstić information content (AvgIpc) is 2.81. The monoisotopic (exact) mass is 246 g/mol. The Labute approximate surface area is 109 Å². The van der Waals surface area contributed by atoms with Crippen molar-refractivity contribution in [1.82, 2.24) is 4.90 Å². The number of carbonyl (C=O) groups is 1. The van der Waals surface area contributed by atoms with Crippen LogP contribution >= 0.6 is 0 Å². The van der Waals surface area contributed by atoms with Gasteiger partial charge in [-0.25, -0.2) is 0 Å². The molecular weight excluding hydrogens is 224 g/mol. The second-order valence-electron chi connectivity index (χ2n) is 5.27. The maximum atomic E-state index is 12.3. The fourth-order valence-electron chi connectivity index (χ4n) is 2.65. The lowest BCUT2D eigenvalue weighted by molar-refractivity contribution is 0.0786. The van der Waals surface area contributed by atoms with E-state index in [1.165, 1.54) is 12.8 Å². The Bertz CT molecular complexity index is 442. The summed E-state index contributed by atoms with van der Waals surface area (Å²) < 4.78 is 0. The third kappa shape index (κ3) is 2.66. The normalized spacial score (nSPS) is 19.2. The molecular formula is C15H22N2O. The molecule has 0 aromatic heterocycles. The van der Waals surface area contributed by atoms with Crippen LogP contribution in [0.15, 0.2) is 18.2 Å². The minimum Gasteiger partial charge on any atom is -0.399 e. The van der Waals surface area contributed by atoms with Gasteiger partial charge in [-0.2, -0.15) is 0 Å². The van der Waals surface area contributed by atoms with E-state index in [2.05, 4.69) is 6.92 Å². The van der Waals surface area contributed by atoms with Gasteiger partial charge in [0.05, 0.1) is 0 Å². The second kappa shape index (κ2) is 5.42. The van der Waals surface area contributed by atoms with Gasteiger partial charge in [0.1, 0.15) is 0 Å². The number of rotatable bonds is 3. The fraction of sp³-hybridized carbons (Fsp3) is 0.533. The number of hydrogen-bond donors (Lipinski definition) is 1. The molecule has 1 atom stereocenters. The highest BCUT2D eigenvalue weighted by Crippen LogP contribution is 2.23. The molecule has 1 fully saturated rings. The number of anilines is 1. The minimum atomic E-state index is 0.150. The molecule has 0 bridgehead atoms. The van der Waals surface area contributed by atoms with Gasteiger partial charge in [-0.1, -0.05) is 13.3 Å². The van der Waals surface area contributed by atoms with Gasteiger partial charge in [-0.15, -0.1) is 0 Å². The maximum Gasteiger partial charge on any atom is 0.253 e. The summed E-state index contributed by atoms with van der Waals surface area (Å²) in [4.78, 5) is 14.3. The quantitative estimate of drug-likeness (QED) is 0.834. The van der Waals surface area contributed by atoms with Gasteiger partial charge in [-0.05, 0) is 49.4 Å². The van der Waals surface area contributed by atoms with Crippen LogP contribution in [0.5, 0.6) is 0 Å². The molecule has 18 heavy (non-hydrogen) atoms. The van der Waals surface area contributed by atoms with Gasteiger partial charge < -0.3 is 10.6 Å². The largest absolute Gasteiger partial charge is 0.399 e. The van der Waals surface area contributed by atoms with Crippen LogP contribution in [0.2, 0.25) is 0 Å². The van der Waals surface area contributed by atoms with Gasteiger partial charge >= 0.3 is 0 Å². The van der Waals surface area contributed by atoms with Crippen molar-refractivity contribution in [2.24, 2.45) is 5.92 Å². The van der Waals surface area contributed by atoms with Crippen LogP contribution in [0.4, 0.5) is 5.69 Å². The molecule has 1 aromatic rings. The first kappa shape index (κ1) is 12.9. The van der Waals surface area contributed by atoms with E-state index in [1.54, 1.807) is 0 Å². The predicted molar refractivity (Wildman–Crippen MR) is 74.5 cm³/mol. The van der Waals surface area contributed by atoms with Gasteiger partial charge in [-0.3, -0.25) is 4.79 Å². The predicted octanol–water partition coefficient (Wildman–Crippen LogP) is 2.84. The van der Waals surface area contributed by atoms with Crippen LogP contribution in [0, 0.1) is 12.8 Å². The van der Waals surface area contributed by atoms with Crippen LogP contribution < -0.4 is 5.73 Å². The SMILES string of the molecule is CCCC1CCN(C(=O)c2ccc(N)c(C)c2)C1. The Morgan fingerprint density at radius 2 is 2.28 bits per heavy atom. The van der Waals surface area contributed by atoms with E-state index in [4.69, 9.17) is 5.73 Å². The molecule has 1 aliphatic rings. The number of nitrogens with two attached hydrogens (primary N) is 1. The third-order valence-electron chi connectivity index (χ3n) is 3.79. The van der Waals surface area contributed by atoms with E-state index in [1.807, 2.05) is 30.0 Å². The molecule has 0 radical (unpaired) electrons. The van der Waals surface area contributed by atoms with Gasteiger partial charge in [0.15, 0.2) is 0 Å². The minimum absolute atomic E-state index is 0.150. The summed E-state index contributed by atoms with van der Waals surface area (Å²) in [6, 6.07) is 5.55. The Balaban J connectivity index is 2.05. The molecule has 1 aromatic carbocycles. The van der Waals surface area contributed by atoms with Crippen molar-refractivity contribution in [3.05, 3.63) is 29.3 Å². The molecule has 3 nitrogen and oxygen atoms in total. The van der Waals surface area contributed by atoms with Crippen molar-refractivity contribution in [3.63, 3.8) is 0 Å². The zero-order chi connectivity index (χ0) is 13.1. The Kier molecular flexibility index (Phi) is 3.90. The van der Waals surface area contributed by atoms with Crippen molar-refractivity contribution >= 4 is 11.6 Å². The number of nitrogens with zero attached hydrogens (tertiary/aromatic N) is 1. The molecule has 1 unspecified atom stereocenters. The Morgan fingerprint density at radius 3 is 2.94 bits per heavy atom. The average molecular weight is 246 g/mol. The van der Waals surface area contributed by atoms with Crippen molar-refractivity contribution in [2.45, 2.75) is 33.1 Å². The maximum absolute atomic E-state index is 12.3. The number of hydrogen-bond acceptors (Lipinski definition) is 2. The van der Waals surface area contributed by atoms with Crippen molar-refractivity contribution in [1.29, 1.82) is 0 Å². The zero-order valence-electron chi connectivity index (χ0n) is 11.3. The number of benzene rings is 1. The highest BCUT2D eigenvalue weighted by Gasteiger charge is 2.26. The van der Waals surface area contributed by atoms with Gasteiger partial charge in [0.2, 0.25) is 0 Å². The fourth-order valence-corrected chi connectivity index (χ4v) is 2.65. The zero-order valence-corrected chi connectivity index (χ0v) is 11.3. The lowest BCUT2D eigenvalue weighted by Crippen LogP contribution is -2.28. The lowest BCUT2D eigenvalue weighted by Gasteiger charge is -2.17. The van der Waals surface area contributed by atoms with E-state index >= 15 is 0 Å². The van der Waals surface area contributed by atoms with Crippen molar-refractivity contribution in [2.75, 3.05) is 18.8 Å². The molecule has 1 aliphatic heterocycles. The van der Waals surface area contributed by atoms with Crippen LogP contribution in [-0.4, -0.2) is 23.9 Å². The van der Waals surface area contributed by atoms with Crippen LogP contribution in [0.1, 0.15) is 42.1 Å². The molecule has 1 amide bonds. The first-order valence-electron chi connectivity index (χ1n) is 6.77. The number of aryl methyl sites for hydroxylation is 1. The number of amides is 1. The summed E-state index contributed by atoms with van der Waals surface area (Å²) >= 11 is 0. The molecule has 0 aliphatic carbocycles. The summed E-state index contributed by atoms with van der Waals surface area (Å²) in [5.74, 6) is 0.838. The van der Waals surface area contributed by atoms with Crippen LogP contribution in [0.3, 0.4) is 0 Å². The van der Waals surface area contributed by atoms with Gasteiger partial charge in [0.25, 0.3) is 5.91 Å². The Morgan fingerprint density at radius 1 is 1.50 bits per heavy atom. The summed E-state index contributed by atoms with van der Waals surface area (Å²) in [5.41, 5.74) is 8.27. The van der Waals surface area contributed by atoms with Crippen LogP contribution in [0.25, 0.3) is 0 Å². The second-order valence-corrected chi connectivity index (χ2v) is 5.27. The molecule has 3 heteroatoms. The topological polar surface area (TPSA) is 46.3 Å². The summed E-state index contributed by atoms with van der Waals surface area (Å²) in [5, 5.41) is 0. The molecule has 1 heterocycles. The lowest BCUT2D eigenvalue weighted by atomic mass is 10.0. The van der Waals surface area contributed by atoms with Crippen LogP contribution in [-0.2, 0) is 0 Å². The summed E-state index contributed by atoms with van der Waals surface area (Å²) in [6.45, 7) is 5.95. The van der Waals surface area contributed by atoms with E-state index < -0.39 is 0 Å². The molecule has 2 rings (SSSR count). The van der Waals surface area contributed by atoms with E-state index in [9.17, 15) is 4.79 Å². The smallest absolute Gasteiger partial charge is 0.253 e. The third-order valence-corrected chi connectivity index (χ3v) is 3.79. The highest BCUT2D eigenvalue weighted by atomic mass is 16.2. The number of carbonyl (C=O) groups excluding carboxylic acids is 1. The molecule has 1 saturated heterocycles. The van der Waals surface area contributed by atoms with Crippen molar-refractivity contribution < 1.29 is 4.79 Å². The molecule has 98 valence electrons. The van der Waals surface area contributed by atoms with E-state index in [-0.39, 0.29) is 5.91 Å². The molecule has 0 saturated carbocycles. The first-order valence-corrected chi connectivity index (χ1v) is 6.77.